The number of pyridine rings is 1. The Hall–Kier alpha value is -1.68. The van der Waals surface area contributed by atoms with Crippen LogP contribution in [-0.4, -0.2) is 10.2 Å². The van der Waals surface area contributed by atoms with E-state index >= 15 is 0 Å². The molecule has 0 atom stereocenters. The highest BCUT2D eigenvalue weighted by molar-refractivity contribution is 7.19. The Morgan fingerprint density at radius 2 is 2.13 bits per heavy atom. The maximum absolute atomic E-state index is 9.76. The highest BCUT2D eigenvalue weighted by Crippen LogP contribution is 2.27. The fraction of sp³-hybridized carbons (Fsp3) is 0.0909. The van der Waals surface area contributed by atoms with Gasteiger partial charge in [0.2, 0.25) is 6.20 Å². The number of benzene rings is 1. The third-order valence-electron chi connectivity index (χ3n) is 2.40. The lowest BCUT2D eigenvalue weighted by Gasteiger charge is -1.93. The molecule has 0 amide bonds. The molecule has 1 N–H and O–H groups in total. The Bertz CT molecular complexity index is 660. The summed E-state index contributed by atoms with van der Waals surface area (Å²) in [5, 5.41) is 11.8. The van der Waals surface area contributed by atoms with E-state index in [2.05, 4.69) is 4.98 Å². The van der Waals surface area contributed by atoms with Gasteiger partial charge < -0.3 is 0 Å². The van der Waals surface area contributed by atoms with Gasteiger partial charge in [-0.1, -0.05) is 12.1 Å². The lowest BCUT2D eigenvalue weighted by molar-refractivity contribution is -0.883. The number of para-hydroxylation sites is 1. The number of rotatable bonds is 0. The van der Waals surface area contributed by atoms with Crippen LogP contribution in [-0.2, 0) is 0 Å². The number of nitrogens with zero attached hydrogens (tertiary/aromatic N) is 2. The van der Waals surface area contributed by atoms with Crippen LogP contribution >= 0.6 is 11.3 Å². The number of thiazole rings is 1. The summed E-state index contributed by atoms with van der Waals surface area (Å²) in [4.78, 5) is 4.36. The van der Waals surface area contributed by atoms with E-state index in [4.69, 9.17) is 0 Å². The maximum Gasteiger partial charge on any atom is 0.266 e. The van der Waals surface area contributed by atoms with Crippen LogP contribution in [0.2, 0.25) is 0 Å². The summed E-state index contributed by atoms with van der Waals surface area (Å²) >= 11 is 1.65. The van der Waals surface area contributed by atoms with E-state index in [0.717, 1.165) is 30.9 Å². The number of fused-ring (bicyclic) bond motifs is 3. The molecular weight excluding hydrogens is 208 g/mol. The molecule has 0 saturated heterocycles. The highest BCUT2D eigenvalue weighted by Gasteiger charge is 2.14. The smallest absolute Gasteiger partial charge is 0.266 e. The van der Waals surface area contributed by atoms with E-state index in [-0.39, 0.29) is 0 Å². The second-order valence-corrected chi connectivity index (χ2v) is 4.64. The Morgan fingerprint density at radius 3 is 3.00 bits per heavy atom. The first-order valence-electron chi connectivity index (χ1n) is 4.65. The summed E-state index contributed by atoms with van der Waals surface area (Å²) in [5.41, 5.74) is 1.66. The quantitative estimate of drug-likeness (QED) is 0.463. The minimum Gasteiger partial charge on any atom is -0.284 e. The summed E-state index contributed by atoms with van der Waals surface area (Å²) < 4.78 is 2.27. The first-order chi connectivity index (χ1) is 7.25. The number of hydrogen-bond donors (Lipinski definition) is 1. The van der Waals surface area contributed by atoms with E-state index < -0.39 is 0 Å². The van der Waals surface area contributed by atoms with Crippen molar-refractivity contribution in [2.45, 2.75) is 6.92 Å². The van der Waals surface area contributed by atoms with Crippen molar-refractivity contribution in [1.29, 1.82) is 0 Å². The van der Waals surface area contributed by atoms with Gasteiger partial charge in [0.15, 0.2) is 5.52 Å². The zero-order chi connectivity index (χ0) is 10.4. The van der Waals surface area contributed by atoms with Gasteiger partial charge in [-0.25, -0.2) is 4.98 Å². The zero-order valence-corrected chi connectivity index (χ0v) is 8.95. The van der Waals surface area contributed by atoms with E-state index in [9.17, 15) is 5.21 Å². The van der Waals surface area contributed by atoms with Gasteiger partial charge in [0, 0.05) is 10.8 Å². The van der Waals surface area contributed by atoms with Crippen LogP contribution in [0.5, 0.6) is 0 Å². The first-order valence-corrected chi connectivity index (χ1v) is 5.47. The molecule has 3 nitrogen and oxygen atoms in total. The van der Waals surface area contributed by atoms with Crippen molar-refractivity contribution in [3.8, 4) is 0 Å². The Balaban J connectivity index is 2.62. The van der Waals surface area contributed by atoms with E-state index in [0.29, 0.717) is 0 Å². The van der Waals surface area contributed by atoms with Gasteiger partial charge in [-0.05, 0) is 13.0 Å². The standard InChI is InChI=1S/C11H9N2OS/c1-7-12-9-6-13(14)10-5-3-2-4-8(10)11(9)15-7/h2-6,14H,1H3/q+1. The molecule has 3 aromatic rings. The molecule has 0 aliphatic carbocycles. The molecule has 0 spiro atoms. The van der Waals surface area contributed by atoms with Crippen molar-refractivity contribution in [2.75, 3.05) is 0 Å². The van der Waals surface area contributed by atoms with Crippen LogP contribution in [0.15, 0.2) is 30.5 Å². The lowest BCUT2D eigenvalue weighted by Crippen LogP contribution is -2.30. The third kappa shape index (κ3) is 1.18. The van der Waals surface area contributed by atoms with Gasteiger partial charge in [0.1, 0.15) is 0 Å². The molecule has 74 valence electrons. The summed E-state index contributed by atoms with van der Waals surface area (Å²) in [5.74, 6) is 0. The second kappa shape index (κ2) is 2.90. The summed E-state index contributed by atoms with van der Waals surface area (Å²) in [7, 11) is 0. The van der Waals surface area contributed by atoms with Crippen LogP contribution in [0.25, 0.3) is 21.1 Å². The van der Waals surface area contributed by atoms with Crippen molar-refractivity contribution in [3.05, 3.63) is 35.5 Å². The average molecular weight is 217 g/mol. The van der Waals surface area contributed by atoms with Gasteiger partial charge >= 0.3 is 0 Å². The molecule has 2 heterocycles. The number of aryl methyl sites for hydroxylation is 1. The maximum atomic E-state index is 9.76. The van der Waals surface area contributed by atoms with Gasteiger partial charge in [-0.2, -0.15) is 0 Å². The molecule has 0 aliphatic rings. The second-order valence-electron chi connectivity index (χ2n) is 3.44. The minimum atomic E-state index is 0.814. The minimum absolute atomic E-state index is 0.814. The topological polar surface area (TPSA) is 37.0 Å². The Morgan fingerprint density at radius 1 is 1.33 bits per heavy atom. The largest absolute Gasteiger partial charge is 0.284 e. The van der Waals surface area contributed by atoms with E-state index in [1.54, 1.807) is 17.5 Å². The first kappa shape index (κ1) is 8.61. The van der Waals surface area contributed by atoms with Crippen molar-refractivity contribution in [3.63, 3.8) is 0 Å². The molecule has 0 fully saturated rings. The van der Waals surface area contributed by atoms with Crippen molar-refractivity contribution < 1.29 is 9.94 Å². The van der Waals surface area contributed by atoms with E-state index in [1.165, 1.54) is 0 Å². The van der Waals surface area contributed by atoms with Crippen LogP contribution in [0.3, 0.4) is 0 Å². The molecule has 2 aromatic heterocycles. The fourth-order valence-corrected chi connectivity index (χ4v) is 2.70. The van der Waals surface area contributed by atoms with Crippen molar-refractivity contribution in [1.82, 2.24) is 4.98 Å². The van der Waals surface area contributed by atoms with Crippen molar-refractivity contribution in [2.24, 2.45) is 0 Å². The van der Waals surface area contributed by atoms with Gasteiger partial charge in [0.05, 0.1) is 15.1 Å². The number of aromatic nitrogens is 2. The molecule has 0 bridgehead atoms. The molecule has 3 rings (SSSR count). The molecule has 0 aliphatic heterocycles. The fourth-order valence-electron chi connectivity index (χ4n) is 1.77. The summed E-state index contributed by atoms with van der Waals surface area (Å²) in [6.45, 7) is 1.97. The molecule has 0 radical (unpaired) electrons. The van der Waals surface area contributed by atoms with Crippen LogP contribution < -0.4 is 4.73 Å². The molecule has 0 unspecified atom stereocenters. The van der Waals surface area contributed by atoms with Gasteiger partial charge in [-0.15, -0.1) is 11.3 Å². The lowest BCUT2D eigenvalue weighted by atomic mass is 10.2. The molecule has 15 heavy (non-hydrogen) atoms. The van der Waals surface area contributed by atoms with E-state index in [1.807, 2.05) is 31.2 Å². The van der Waals surface area contributed by atoms with Gasteiger partial charge in [0.25, 0.3) is 5.52 Å². The van der Waals surface area contributed by atoms with Crippen molar-refractivity contribution >= 4 is 32.5 Å². The van der Waals surface area contributed by atoms with Crippen LogP contribution in [0, 0.1) is 6.92 Å². The van der Waals surface area contributed by atoms with Crippen LogP contribution in [0.4, 0.5) is 0 Å². The summed E-state index contributed by atoms with van der Waals surface area (Å²) in [6, 6.07) is 7.78. The Labute approximate surface area is 90.2 Å². The summed E-state index contributed by atoms with van der Waals surface area (Å²) in [6.07, 6.45) is 1.65. The van der Waals surface area contributed by atoms with Gasteiger partial charge in [-0.3, -0.25) is 5.21 Å². The van der Waals surface area contributed by atoms with Crippen LogP contribution in [0.1, 0.15) is 5.01 Å². The Kier molecular flexibility index (Phi) is 1.67. The number of hydrogen-bond acceptors (Lipinski definition) is 3. The average Bonchev–Trinajstić information content (AvgIpc) is 2.59. The predicted molar refractivity (Wildman–Crippen MR) is 59.2 cm³/mol. The highest BCUT2D eigenvalue weighted by atomic mass is 32.1. The SMILES string of the molecule is Cc1nc2c[n+](O)c3ccccc3c2s1. The monoisotopic (exact) mass is 217 g/mol. The third-order valence-corrected chi connectivity index (χ3v) is 3.42. The molecular formula is C11H9N2OS+. The predicted octanol–water partition coefficient (Wildman–Crippen LogP) is 2.28. The molecule has 1 aromatic carbocycles. The molecule has 4 heteroatoms. The molecule has 0 saturated carbocycles. The normalized spacial score (nSPS) is 11.3. The zero-order valence-electron chi connectivity index (χ0n) is 8.14.